The van der Waals surface area contributed by atoms with Crippen LogP contribution in [-0.4, -0.2) is 13.2 Å². The van der Waals surface area contributed by atoms with Gasteiger partial charge in [0.2, 0.25) is 0 Å². The summed E-state index contributed by atoms with van der Waals surface area (Å²) >= 11 is 0. The third kappa shape index (κ3) is 4.26. The van der Waals surface area contributed by atoms with Gasteiger partial charge in [-0.05, 0) is 32.0 Å². The molecule has 21 heavy (non-hydrogen) atoms. The van der Waals surface area contributed by atoms with E-state index in [0.29, 0.717) is 18.2 Å². The molecule has 0 spiro atoms. The summed E-state index contributed by atoms with van der Waals surface area (Å²) < 4.78 is 74.0. The first-order chi connectivity index (χ1) is 9.65. The van der Waals surface area contributed by atoms with Crippen molar-refractivity contribution in [2.45, 2.75) is 25.8 Å². The molecule has 4 nitrogen and oxygen atoms in total. The summed E-state index contributed by atoms with van der Waals surface area (Å²) in [6.07, 6.45) is -4.66. The van der Waals surface area contributed by atoms with Crippen molar-refractivity contribution in [1.82, 2.24) is 0 Å². The van der Waals surface area contributed by atoms with Crippen molar-refractivity contribution in [3.63, 3.8) is 0 Å². The van der Waals surface area contributed by atoms with Crippen LogP contribution in [0, 0.1) is 5.82 Å². The Morgan fingerprint density at radius 2 is 1.76 bits per heavy atom. The van der Waals surface area contributed by atoms with E-state index >= 15 is 0 Å². The van der Waals surface area contributed by atoms with E-state index in [0.717, 1.165) is 0 Å². The fourth-order valence-corrected chi connectivity index (χ4v) is 3.33. The highest BCUT2D eigenvalue weighted by molar-refractivity contribution is 7.54. The van der Waals surface area contributed by atoms with Gasteiger partial charge in [-0.2, -0.15) is 13.2 Å². The van der Waals surface area contributed by atoms with Gasteiger partial charge in [0.15, 0.2) is 0 Å². The molecule has 1 aromatic carbocycles. The molecule has 120 valence electrons. The fraction of sp³-hybridized carbons (Fsp3) is 0.500. The Morgan fingerprint density at radius 3 is 2.19 bits per heavy atom. The highest BCUT2D eigenvalue weighted by Crippen LogP contribution is 2.58. The first-order valence-corrected chi connectivity index (χ1v) is 7.78. The molecule has 2 N–H and O–H groups in total. The molecular formula is C12H16F4NO3P. The summed E-state index contributed by atoms with van der Waals surface area (Å²) in [6.45, 7) is 2.96. The number of hydrogen-bond donors (Lipinski definition) is 1. The Bertz CT molecular complexity index is 526. The fourth-order valence-electron chi connectivity index (χ4n) is 1.67. The van der Waals surface area contributed by atoms with E-state index in [2.05, 4.69) is 0 Å². The van der Waals surface area contributed by atoms with E-state index in [1.54, 1.807) is 0 Å². The monoisotopic (exact) mass is 329 g/mol. The highest BCUT2D eigenvalue weighted by Gasteiger charge is 2.38. The molecule has 0 aliphatic rings. The molecule has 0 radical (unpaired) electrons. The lowest BCUT2D eigenvalue weighted by molar-refractivity contribution is -0.137. The van der Waals surface area contributed by atoms with Crippen LogP contribution in [0.4, 0.5) is 17.6 Å². The van der Waals surface area contributed by atoms with Crippen LogP contribution in [0.5, 0.6) is 0 Å². The highest BCUT2D eigenvalue weighted by atomic mass is 31.2. The standard InChI is InChI=1S/C12H16F4NO3P/c1-3-19-21(18,20-4-2)11(17)9-7-8(12(14,15)16)5-6-10(9)13/h5-7,11H,3-4,17H2,1-2H3/t11-/m1/s1. The second kappa shape index (κ2) is 6.87. The van der Waals surface area contributed by atoms with Crippen molar-refractivity contribution in [2.24, 2.45) is 5.73 Å². The molecule has 0 aliphatic carbocycles. The third-order valence-corrected chi connectivity index (χ3v) is 4.80. The maximum absolute atomic E-state index is 13.7. The van der Waals surface area contributed by atoms with E-state index in [1.165, 1.54) is 13.8 Å². The van der Waals surface area contributed by atoms with Gasteiger partial charge in [-0.15, -0.1) is 0 Å². The second-order valence-electron chi connectivity index (χ2n) is 4.05. The first-order valence-electron chi connectivity index (χ1n) is 6.16. The number of halogens is 4. The molecular weight excluding hydrogens is 313 g/mol. The number of rotatable bonds is 6. The van der Waals surface area contributed by atoms with E-state index < -0.39 is 36.5 Å². The Hall–Kier alpha value is -0.950. The first kappa shape index (κ1) is 18.1. The minimum atomic E-state index is -4.66. The quantitative estimate of drug-likeness (QED) is 0.631. The molecule has 0 amide bonds. The molecule has 0 unspecified atom stereocenters. The van der Waals surface area contributed by atoms with Crippen molar-refractivity contribution < 1.29 is 31.2 Å². The molecule has 0 heterocycles. The van der Waals surface area contributed by atoms with Gasteiger partial charge in [0.05, 0.1) is 18.8 Å². The normalized spacial score (nSPS) is 14.2. The van der Waals surface area contributed by atoms with E-state index in [-0.39, 0.29) is 13.2 Å². The minimum Gasteiger partial charge on any atom is -0.314 e. The zero-order chi connectivity index (χ0) is 16.3. The van der Waals surface area contributed by atoms with Crippen molar-refractivity contribution in [1.29, 1.82) is 0 Å². The van der Waals surface area contributed by atoms with Gasteiger partial charge in [0.1, 0.15) is 11.6 Å². The lowest BCUT2D eigenvalue weighted by Gasteiger charge is -2.24. The second-order valence-corrected chi connectivity index (χ2v) is 6.21. The van der Waals surface area contributed by atoms with Gasteiger partial charge in [-0.3, -0.25) is 4.57 Å². The summed E-state index contributed by atoms with van der Waals surface area (Å²) in [5, 5.41) is 0. The molecule has 1 atom stereocenters. The largest absolute Gasteiger partial charge is 0.416 e. The molecule has 1 aromatic rings. The van der Waals surface area contributed by atoms with Crippen LogP contribution in [0.1, 0.15) is 30.8 Å². The molecule has 0 saturated carbocycles. The van der Waals surface area contributed by atoms with Gasteiger partial charge in [0, 0.05) is 5.56 Å². The van der Waals surface area contributed by atoms with E-state index in [4.69, 9.17) is 14.8 Å². The number of nitrogens with two attached hydrogens (primary N) is 1. The lowest BCUT2D eigenvalue weighted by atomic mass is 10.1. The summed E-state index contributed by atoms with van der Waals surface area (Å²) in [4.78, 5) is 0. The van der Waals surface area contributed by atoms with E-state index in [1.807, 2.05) is 0 Å². The summed E-state index contributed by atoms with van der Waals surface area (Å²) in [5.41, 5.74) is 3.99. The van der Waals surface area contributed by atoms with Crippen molar-refractivity contribution in [2.75, 3.05) is 13.2 Å². The molecule has 0 aromatic heterocycles. The van der Waals surface area contributed by atoms with Gasteiger partial charge in [0.25, 0.3) is 0 Å². The van der Waals surface area contributed by atoms with Crippen LogP contribution in [0.25, 0.3) is 0 Å². The average Bonchev–Trinajstić information content (AvgIpc) is 2.37. The van der Waals surface area contributed by atoms with Crippen LogP contribution in [0.3, 0.4) is 0 Å². The maximum Gasteiger partial charge on any atom is 0.416 e. The molecule has 0 saturated heterocycles. The molecule has 0 fully saturated rings. The Kier molecular flexibility index (Phi) is 5.92. The van der Waals surface area contributed by atoms with Gasteiger partial charge < -0.3 is 14.8 Å². The summed E-state index contributed by atoms with van der Waals surface area (Å²) in [7, 11) is -3.96. The molecule has 0 aliphatic heterocycles. The molecule has 1 rings (SSSR count). The number of hydrogen-bond acceptors (Lipinski definition) is 4. The predicted octanol–water partition coefficient (Wildman–Crippen LogP) is 4.07. The van der Waals surface area contributed by atoms with Gasteiger partial charge in [-0.1, -0.05) is 0 Å². The average molecular weight is 329 g/mol. The van der Waals surface area contributed by atoms with Crippen LogP contribution in [0.15, 0.2) is 18.2 Å². The third-order valence-electron chi connectivity index (χ3n) is 2.60. The predicted molar refractivity (Wildman–Crippen MR) is 69.2 cm³/mol. The van der Waals surface area contributed by atoms with Crippen molar-refractivity contribution in [3.8, 4) is 0 Å². The molecule has 9 heteroatoms. The van der Waals surface area contributed by atoms with Gasteiger partial charge in [-0.25, -0.2) is 4.39 Å². The van der Waals surface area contributed by atoms with Crippen LogP contribution in [-0.2, 0) is 19.8 Å². The van der Waals surface area contributed by atoms with Gasteiger partial charge >= 0.3 is 13.8 Å². The van der Waals surface area contributed by atoms with Crippen molar-refractivity contribution >= 4 is 7.60 Å². The minimum absolute atomic E-state index is 0.0362. The zero-order valence-electron chi connectivity index (χ0n) is 11.5. The summed E-state index contributed by atoms with van der Waals surface area (Å²) in [5.74, 6) is -2.64. The zero-order valence-corrected chi connectivity index (χ0v) is 12.4. The Balaban J connectivity index is 3.27. The summed E-state index contributed by atoms with van der Waals surface area (Å²) in [6, 6.07) is 1.72. The van der Waals surface area contributed by atoms with Crippen molar-refractivity contribution in [3.05, 3.63) is 35.1 Å². The van der Waals surface area contributed by atoms with Crippen LogP contribution < -0.4 is 5.73 Å². The maximum atomic E-state index is 13.7. The lowest BCUT2D eigenvalue weighted by Crippen LogP contribution is -2.17. The van der Waals surface area contributed by atoms with Crippen LogP contribution in [0.2, 0.25) is 0 Å². The number of alkyl halides is 3. The molecule has 0 bridgehead atoms. The Morgan fingerprint density at radius 1 is 1.24 bits per heavy atom. The van der Waals surface area contributed by atoms with E-state index in [9.17, 15) is 22.1 Å². The smallest absolute Gasteiger partial charge is 0.314 e. The topological polar surface area (TPSA) is 61.5 Å². The van der Waals surface area contributed by atoms with Crippen LogP contribution >= 0.6 is 7.60 Å². The Labute approximate surface area is 119 Å². The SMILES string of the molecule is CCOP(=O)(OCC)[C@@H](N)c1cc(C(F)(F)F)ccc1F. The number of benzene rings is 1.